The molecular weight excluding hydrogens is 270 g/mol. The summed E-state index contributed by atoms with van der Waals surface area (Å²) in [7, 11) is 0. The smallest absolute Gasteiger partial charge is 0.280 e. The summed E-state index contributed by atoms with van der Waals surface area (Å²) in [5.41, 5.74) is 2.21. The molecule has 1 N–H and O–H groups in total. The van der Waals surface area contributed by atoms with Crippen molar-refractivity contribution in [3.8, 4) is 0 Å². The fourth-order valence-electron chi connectivity index (χ4n) is 1.78. The van der Waals surface area contributed by atoms with E-state index in [0.717, 1.165) is 10.2 Å². The third kappa shape index (κ3) is 1.28. The predicted octanol–water partition coefficient (Wildman–Crippen LogP) is 2.25. The molecule has 3 aromatic rings. The zero-order valence-corrected chi connectivity index (χ0v) is 10.1. The minimum atomic E-state index is -0.0746. The maximum atomic E-state index is 12.1. The van der Waals surface area contributed by atoms with Crippen LogP contribution in [-0.4, -0.2) is 14.6 Å². The number of rotatable bonds is 0. The molecule has 4 nitrogen and oxygen atoms in total. The van der Waals surface area contributed by atoms with Gasteiger partial charge in [-0.05, 0) is 25.1 Å². The van der Waals surface area contributed by atoms with Crippen molar-refractivity contribution < 1.29 is 0 Å². The van der Waals surface area contributed by atoms with Gasteiger partial charge in [-0.1, -0.05) is 15.9 Å². The van der Waals surface area contributed by atoms with Crippen molar-refractivity contribution in [1.29, 1.82) is 0 Å². The molecule has 0 aliphatic heterocycles. The molecule has 0 bridgehead atoms. The molecule has 2 aromatic heterocycles. The summed E-state index contributed by atoms with van der Waals surface area (Å²) in [5.74, 6) is 0. The number of nitrogens with zero attached hydrogens (tertiary/aromatic N) is 2. The number of fused-ring (bicyclic) bond motifs is 2. The van der Waals surface area contributed by atoms with Crippen molar-refractivity contribution in [3.63, 3.8) is 0 Å². The maximum absolute atomic E-state index is 12.1. The average Bonchev–Trinajstić information content (AvgIpc) is 2.61. The Balaban J connectivity index is 2.60. The first kappa shape index (κ1) is 9.59. The van der Waals surface area contributed by atoms with Crippen LogP contribution in [-0.2, 0) is 0 Å². The first-order valence-electron chi connectivity index (χ1n) is 4.83. The minimum absolute atomic E-state index is 0.0746. The van der Waals surface area contributed by atoms with Crippen LogP contribution in [0.2, 0.25) is 0 Å². The van der Waals surface area contributed by atoms with Crippen LogP contribution < -0.4 is 5.56 Å². The van der Waals surface area contributed by atoms with Crippen molar-refractivity contribution in [2.24, 2.45) is 0 Å². The van der Waals surface area contributed by atoms with E-state index in [1.165, 1.54) is 4.52 Å². The second-order valence-electron chi connectivity index (χ2n) is 3.71. The predicted molar refractivity (Wildman–Crippen MR) is 65.8 cm³/mol. The van der Waals surface area contributed by atoms with Gasteiger partial charge in [0, 0.05) is 16.2 Å². The maximum Gasteiger partial charge on any atom is 0.280 e. The monoisotopic (exact) mass is 277 g/mol. The van der Waals surface area contributed by atoms with Crippen molar-refractivity contribution in [1.82, 2.24) is 14.6 Å². The van der Waals surface area contributed by atoms with Gasteiger partial charge < -0.3 is 0 Å². The molecule has 16 heavy (non-hydrogen) atoms. The van der Waals surface area contributed by atoms with Gasteiger partial charge in [-0.3, -0.25) is 9.89 Å². The highest BCUT2D eigenvalue weighted by molar-refractivity contribution is 9.10. The molecule has 0 spiro atoms. The lowest BCUT2D eigenvalue weighted by Crippen LogP contribution is -2.15. The van der Waals surface area contributed by atoms with Gasteiger partial charge in [0.25, 0.3) is 5.56 Å². The Kier molecular flexibility index (Phi) is 1.91. The van der Waals surface area contributed by atoms with E-state index in [9.17, 15) is 4.79 Å². The number of aromatic nitrogens is 3. The van der Waals surface area contributed by atoms with Gasteiger partial charge in [-0.25, -0.2) is 9.50 Å². The van der Waals surface area contributed by atoms with Crippen LogP contribution in [0.3, 0.4) is 0 Å². The van der Waals surface area contributed by atoms with E-state index < -0.39 is 0 Å². The minimum Gasteiger partial charge on any atom is -0.294 e. The summed E-state index contributed by atoms with van der Waals surface area (Å²) < 4.78 is 2.34. The summed E-state index contributed by atoms with van der Waals surface area (Å²) in [6.07, 6.45) is 0. The first-order valence-corrected chi connectivity index (χ1v) is 5.62. The molecule has 1 aromatic carbocycles. The molecule has 0 aliphatic carbocycles. The van der Waals surface area contributed by atoms with Gasteiger partial charge in [0.05, 0.1) is 10.9 Å². The van der Waals surface area contributed by atoms with Crippen LogP contribution >= 0.6 is 15.9 Å². The first-order chi connectivity index (χ1) is 7.65. The van der Waals surface area contributed by atoms with Crippen molar-refractivity contribution >= 4 is 32.5 Å². The van der Waals surface area contributed by atoms with Gasteiger partial charge in [0.15, 0.2) is 5.65 Å². The molecule has 0 amide bonds. The molecule has 0 fully saturated rings. The highest BCUT2D eigenvalue weighted by Crippen LogP contribution is 2.16. The highest BCUT2D eigenvalue weighted by atomic mass is 79.9. The Bertz CT molecular complexity index is 757. The van der Waals surface area contributed by atoms with E-state index >= 15 is 0 Å². The van der Waals surface area contributed by atoms with Gasteiger partial charge in [-0.15, -0.1) is 0 Å². The summed E-state index contributed by atoms with van der Waals surface area (Å²) in [4.78, 5) is 16.5. The van der Waals surface area contributed by atoms with Crippen LogP contribution in [0.25, 0.3) is 16.6 Å². The summed E-state index contributed by atoms with van der Waals surface area (Å²) in [6, 6.07) is 7.35. The van der Waals surface area contributed by atoms with E-state index in [1.54, 1.807) is 6.07 Å². The Hall–Kier alpha value is -1.62. The average molecular weight is 278 g/mol. The van der Waals surface area contributed by atoms with Crippen molar-refractivity contribution in [2.45, 2.75) is 6.92 Å². The second-order valence-corrected chi connectivity index (χ2v) is 4.63. The van der Waals surface area contributed by atoms with Crippen molar-refractivity contribution in [2.75, 3.05) is 0 Å². The fourth-order valence-corrected chi connectivity index (χ4v) is 2.14. The Labute approximate surface area is 99.0 Å². The zero-order valence-electron chi connectivity index (χ0n) is 8.49. The number of aromatic amines is 1. The highest BCUT2D eigenvalue weighted by Gasteiger charge is 2.07. The number of halogens is 1. The summed E-state index contributed by atoms with van der Waals surface area (Å²) in [6.45, 7) is 1.90. The standard InChI is InChI=1S/C11H8BrN3O/c1-6-4-10-13-9-3-2-7(12)5-8(9)11(16)15(10)14-6/h2-5,14H,1H3. The molecule has 0 saturated heterocycles. The van der Waals surface area contributed by atoms with Gasteiger partial charge >= 0.3 is 0 Å². The third-order valence-corrected chi connectivity index (χ3v) is 2.98. The summed E-state index contributed by atoms with van der Waals surface area (Å²) in [5, 5.41) is 3.57. The van der Waals surface area contributed by atoms with E-state index in [1.807, 2.05) is 25.1 Å². The lowest BCUT2D eigenvalue weighted by Gasteiger charge is -1.98. The lowest BCUT2D eigenvalue weighted by atomic mass is 10.2. The van der Waals surface area contributed by atoms with Crippen LogP contribution in [0.15, 0.2) is 33.5 Å². The molecule has 0 atom stereocenters. The number of H-pyrrole nitrogens is 1. The van der Waals surface area contributed by atoms with Gasteiger partial charge in [-0.2, -0.15) is 0 Å². The third-order valence-electron chi connectivity index (χ3n) is 2.49. The van der Waals surface area contributed by atoms with Crippen LogP contribution in [0.4, 0.5) is 0 Å². The number of nitrogens with one attached hydrogen (secondary N) is 1. The number of hydrogen-bond acceptors (Lipinski definition) is 2. The van der Waals surface area contributed by atoms with E-state index in [0.29, 0.717) is 16.6 Å². The van der Waals surface area contributed by atoms with Gasteiger partial charge in [0.2, 0.25) is 0 Å². The quantitative estimate of drug-likeness (QED) is 0.685. The Morgan fingerprint density at radius 3 is 3.00 bits per heavy atom. The van der Waals surface area contributed by atoms with Crippen LogP contribution in [0.1, 0.15) is 5.69 Å². The summed E-state index contributed by atoms with van der Waals surface area (Å²) >= 11 is 3.35. The molecule has 5 heteroatoms. The SMILES string of the molecule is Cc1cc2nc3ccc(Br)cc3c(=O)n2[nH]1. The van der Waals surface area contributed by atoms with E-state index in [-0.39, 0.29) is 5.56 Å². The van der Waals surface area contributed by atoms with Crippen molar-refractivity contribution in [3.05, 3.63) is 44.8 Å². The van der Waals surface area contributed by atoms with E-state index in [4.69, 9.17) is 0 Å². The molecule has 0 unspecified atom stereocenters. The Morgan fingerprint density at radius 2 is 2.19 bits per heavy atom. The molecule has 80 valence electrons. The van der Waals surface area contributed by atoms with Gasteiger partial charge in [0.1, 0.15) is 0 Å². The molecule has 0 saturated carbocycles. The zero-order chi connectivity index (χ0) is 11.3. The number of benzene rings is 1. The van der Waals surface area contributed by atoms with E-state index in [2.05, 4.69) is 26.0 Å². The number of aryl methyl sites for hydroxylation is 1. The molecule has 0 aliphatic rings. The normalized spacial score (nSPS) is 11.4. The lowest BCUT2D eigenvalue weighted by molar-refractivity contribution is 0.895. The molecule has 3 rings (SSSR count). The topological polar surface area (TPSA) is 50.2 Å². The molecule has 2 heterocycles. The van der Waals surface area contributed by atoms with Crippen LogP contribution in [0.5, 0.6) is 0 Å². The Morgan fingerprint density at radius 1 is 1.38 bits per heavy atom. The molecular formula is C11H8BrN3O. The number of hydrogen-bond donors (Lipinski definition) is 1. The second kappa shape index (κ2) is 3.18. The largest absolute Gasteiger partial charge is 0.294 e. The van der Waals surface area contributed by atoms with Crippen LogP contribution in [0, 0.1) is 6.92 Å². The molecule has 0 radical (unpaired) electrons. The fraction of sp³-hybridized carbons (Fsp3) is 0.0909.